The number of esters is 1. The molecule has 0 aromatic heterocycles. The van der Waals surface area contributed by atoms with Crippen LogP contribution in [0.4, 0.5) is 5.69 Å². The number of fused-ring (bicyclic) bond motifs is 6. The molecule has 3 aromatic rings. The van der Waals surface area contributed by atoms with Gasteiger partial charge in [0, 0.05) is 41.6 Å². The number of hydrogen-bond acceptors (Lipinski definition) is 6. The molecule has 6 heteroatoms. The van der Waals surface area contributed by atoms with Gasteiger partial charge in [-0.3, -0.25) is 0 Å². The molecule has 2 aliphatic rings. The first-order chi connectivity index (χ1) is 13.0. The highest BCUT2D eigenvalue weighted by Gasteiger charge is 2.53. The minimum absolute atomic E-state index is 0.0302. The summed E-state index contributed by atoms with van der Waals surface area (Å²) in [5.41, 5.74) is 1.97. The quantitative estimate of drug-likeness (QED) is 0.573. The van der Waals surface area contributed by atoms with Crippen LogP contribution in [0.2, 0.25) is 0 Å². The number of benzene rings is 3. The summed E-state index contributed by atoms with van der Waals surface area (Å²) in [5.74, 6) is 0.352. The average molecular weight is 361 g/mol. The van der Waals surface area contributed by atoms with Crippen LogP contribution >= 0.6 is 0 Å². The molecule has 0 bridgehead atoms. The lowest BCUT2D eigenvalue weighted by molar-refractivity contribution is 0.0224. The average Bonchev–Trinajstić information content (AvgIpc) is 2.94. The van der Waals surface area contributed by atoms with Crippen LogP contribution in [0.25, 0.3) is 0 Å². The van der Waals surface area contributed by atoms with Gasteiger partial charge in [0.05, 0.1) is 5.56 Å². The van der Waals surface area contributed by atoms with Gasteiger partial charge in [-0.1, -0.05) is 6.07 Å². The molecular weight excluding hydrogens is 346 g/mol. The maximum atomic E-state index is 12.8. The van der Waals surface area contributed by atoms with Crippen molar-refractivity contribution in [2.45, 2.75) is 5.60 Å². The molecule has 0 fully saturated rings. The van der Waals surface area contributed by atoms with Gasteiger partial charge >= 0.3 is 5.97 Å². The summed E-state index contributed by atoms with van der Waals surface area (Å²) in [6.07, 6.45) is 0. The van der Waals surface area contributed by atoms with Crippen LogP contribution in [0, 0.1) is 0 Å². The van der Waals surface area contributed by atoms with E-state index in [1.165, 1.54) is 24.3 Å². The maximum absolute atomic E-state index is 12.8. The minimum atomic E-state index is -1.21. The Bertz CT molecular complexity index is 1070. The van der Waals surface area contributed by atoms with Gasteiger partial charge in [-0.2, -0.15) is 0 Å². The van der Waals surface area contributed by atoms with E-state index in [-0.39, 0.29) is 11.5 Å². The first-order valence-corrected chi connectivity index (χ1v) is 8.43. The summed E-state index contributed by atoms with van der Waals surface area (Å²) < 4.78 is 11.9. The Morgan fingerprint density at radius 3 is 2.04 bits per heavy atom. The molecule has 0 atom stereocenters. The fourth-order valence-electron chi connectivity index (χ4n) is 3.86. The van der Waals surface area contributed by atoms with E-state index in [1.807, 2.05) is 12.1 Å². The van der Waals surface area contributed by atoms with Crippen molar-refractivity contribution in [2.24, 2.45) is 0 Å². The van der Waals surface area contributed by atoms with E-state index in [2.05, 4.69) is 5.32 Å². The maximum Gasteiger partial charge on any atom is 0.340 e. The van der Waals surface area contributed by atoms with Crippen molar-refractivity contribution in [3.8, 4) is 23.0 Å². The normalized spacial score (nSPS) is 15.4. The van der Waals surface area contributed by atoms with Gasteiger partial charge in [-0.25, -0.2) is 4.79 Å². The van der Waals surface area contributed by atoms with E-state index in [1.54, 1.807) is 25.2 Å². The van der Waals surface area contributed by atoms with E-state index in [0.29, 0.717) is 33.8 Å². The minimum Gasteiger partial charge on any atom is -0.508 e. The van der Waals surface area contributed by atoms with Crippen molar-refractivity contribution < 1.29 is 24.5 Å². The lowest BCUT2D eigenvalue weighted by Crippen LogP contribution is -2.32. The van der Waals surface area contributed by atoms with Gasteiger partial charge in [-0.05, 0) is 36.4 Å². The first kappa shape index (κ1) is 15.6. The zero-order valence-corrected chi connectivity index (χ0v) is 14.3. The molecule has 2 aliphatic heterocycles. The van der Waals surface area contributed by atoms with Crippen LogP contribution in [0.15, 0.2) is 54.6 Å². The number of ether oxygens (including phenoxy) is 2. The molecule has 0 amide bonds. The summed E-state index contributed by atoms with van der Waals surface area (Å²) in [6.45, 7) is 0. The second-order valence-electron chi connectivity index (χ2n) is 6.54. The van der Waals surface area contributed by atoms with Gasteiger partial charge in [0.15, 0.2) is 5.60 Å². The summed E-state index contributed by atoms with van der Waals surface area (Å²) in [5, 5.41) is 22.8. The van der Waals surface area contributed by atoms with Crippen molar-refractivity contribution >= 4 is 11.7 Å². The van der Waals surface area contributed by atoms with Crippen LogP contribution in [0.3, 0.4) is 0 Å². The van der Waals surface area contributed by atoms with E-state index in [9.17, 15) is 15.0 Å². The Morgan fingerprint density at radius 1 is 0.852 bits per heavy atom. The van der Waals surface area contributed by atoms with Crippen molar-refractivity contribution in [3.63, 3.8) is 0 Å². The summed E-state index contributed by atoms with van der Waals surface area (Å²) in [7, 11) is 1.78. The second-order valence-corrected chi connectivity index (χ2v) is 6.54. The molecule has 2 heterocycles. The molecule has 3 N–H and O–H groups in total. The van der Waals surface area contributed by atoms with E-state index in [4.69, 9.17) is 9.47 Å². The number of anilines is 1. The number of nitrogens with one attached hydrogen (secondary N) is 1. The van der Waals surface area contributed by atoms with Crippen LogP contribution in [-0.2, 0) is 10.3 Å². The number of aromatic hydroxyl groups is 2. The topological polar surface area (TPSA) is 88.0 Å². The molecule has 5 rings (SSSR count). The lowest BCUT2D eigenvalue weighted by Gasteiger charge is -2.36. The van der Waals surface area contributed by atoms with Gasteiger partial charge < -0.3 is 25.0 Å². The van der Waals surface area contributed by atoms with E-state index >= 15 is 0 Å². The highest BCUT2D eigenvalue weighted by atomic mass is 16.6. The molecule has 0 saturated carbocycles. The zero-order chi connectivity index (χ0) is 18.8. The largest absolute Gasteiger partial charge is 0.508 e. The van der Waals surface area contributed by atoms with Crippen LogP contribution in [0.5, 0.6) is 23.0 Å². The number of hydrogen-bond donors (Lipinski definition) is 3. The van der Waals surface area contributed by atoms with Gasteiger partial charge in [0.2, 0.25) is 0 Å². The fourth-order valence-corrected chi connectivity index (χ4v) is 3.86. The molecule has 6 nitrogen and oxygen atoms in total. The Morgan fingerprint density at radius 2 is 1.44 bits per heavy atom. The second kappa shape index (κ2) is 5.17. The highest BCUT2D eigenvalue weighted by Crippen LogP contribution is 2.57. The van der Waals surface area contributed by atoms with Crippen molar-refractivity contribution in [1.29, 1.82) is 0 Å². The zero-order valence-electron chi connectivity index (χ0n) is 14.3. The lowest BCUT2D eigenvalue weighted by atomic mass is 9.77. The molecule has 27 heavy (non-hydrogen) atoms. The third-order valence-corrected chi connectivity index (χ3v) is 5.06. The predicted molar refractivity (Wildman–Crippen MR) is 97.6 cm³/mol. The third kappa shape index (κ3) is 1.98. The fraction of sp³-hybridized carbons (Fsp3) is 0.0952. The Hall–Kier alpha value is -3.67. The van der Waals surface area contributed by atoms with Crippen molar-refractivity contribution in [1.82, 2.24) is 0 Å². The Labute approximate surface area is 154 Å². The van der Waals surface area contributed by atoms with Gasteiger partial charge in [0.25, 0.3) is 0 Å². The molecule has 0 saturated heterocycles. The van der Waals surface area contributed by atoms with Gasteiger partial charge in [0.1, 0.15) is 23.0 Å². The molecule has 0 radical (unpaired) electrons. The Balaban J connectivity index is 1.87. The van der Waals surface area contributed by atoms with Crippen molar-refractivity contribution in [2.75, 3.05) is 12.4 Å². The predicted octanol–water partition coefficient (Wildman–Crippen LogP) is 3.71. The highest BCUT2D eigenvalue weighted by molar-refractivity contribution is 5.98. The molecule has 134 valence electrons. The summed E-state index contributed by atoms with van der Waals surface area (Å²) in [6, 6.07) is 14.9. The van der Waals surface area contributed by atoms with Crippen LogP contribution in [0.1, 0.15) is 27.0 Å². The first-order valence-electron chi connectivity index (χ1n) is 8.43. The summed E-state index contributed by atoms with van der Waals surface area (Å²) >= 11 is 0. The smallest absolute Gasteiger partial charge is 0.340 e. The molecule has 0 aliphatic carbocycles. The van der Waals surface area contributed by atoms with E-state index < -0.39 is 11.6 Å². The number of carbonyl (C=O) groups excluding carboxylic acids is 1. The summed E-state index contributed by atoms with van der Waals surface area (Å²) in [4.78, 5) is 12.8. The van der Waals surface area contributed by atoms with Gasteiger partial charge in [-0.15, -0.1) is 0 Å². The van der Waals surface area contributed by atoms with Crippen LogP contribution in [-0.4, -0.2) is 23.2 Å². The third-order valence-electron chi connectivity index (χ3n) is 5.06. The number of phenolic OH excluding ortho intramolecular Hbond substituents is 2. The Kier molecular flexibility index (Phi) is 2.98. The number of phenols is 2. The molecule has 0 unspecified atom stereocenters. The SMILES string of the molecule is CNc1ccc2c(c1)C(=O)OC21c2ccc(O)cc2Oc2cc(O)ccc21. The molecular formula is C21H15NO5. The van der Waals surface area contributed by atoms with Crippen LogP contribution < -0.4 is 10.1 Å². The molecule has 1 spiro atoms. The van der Waals surface area contributed by atoms with E-state index in [0.717, 1.165) is 5.69 Å². The van der Waals surface area contributed by atoms with Crippen molar-refractivity contribution in [3.05, 3.63) is 76.9 Å². The number of carbonyl (C=O) groups is 1. The monoisotopic (exact) mass is 361 g/mol. The molecule has 3 aromatic carbocycles. The number of rotatable bonds is 1. The standard InChI is InChI=1S/C21H15NO5/c1-22-11-2-5-15-14(8-11)20(25)27-21(15)16-6-3-12(23)9-18(16)26-19-10-13(24)4-7-17(19)21/h2-10,22-24H,1H3.